The van der Waals surface area contributed by atoms with Gasteiger partial charge in [0.2, 0.25) is 0 Å². The third kappa shape index (κ3) is 3.70. The Morgan fingerprint density at radius 1 is 1.13 bits per heavy atom. The molecule has 0 aliphatic heterocycles. The fourth-order valence-corrected chi connectivity index (χ4v) is 1.89. The van der Waals surface area contributed by atoms with Crippen LogP contribution < -0.4 is 14.9 Å². The molecular formula is C16H16N2O5. The molecule has 23 heavy (non-hydrogen) atoms. The Balaban J connectivity index is 2.18. The maximum Gasteiger partial charge on any atom is 0.275 e. The molecule has 3 N–H and O–H groups in total. The summed E-state index contributed by atoms with van der Waals surface area (Å²) in [6.07, 6.45) is 1.24. The van der Waals surface area contributed by atoms with Crippen LogP contribution >= 0.6 is 0 Å². The number of methoxy groups -OCH3 is 2. The van der Waals surface area contributed by atoms with Crippen LogP contribution in [0, 0.1) is 0 Å². The van der Waals surface area contributed by atoms with Gasteiger partial charge >= 0.3 is 0 Å². The van der Waals surface area contributed by atoms with Gasteiger partial charge in [-0.1, -0.05) is 12.1 Å². The number of nitrogens with zero attached hydrogens (tertiary/aromatic N) is 1. The molecule has 2 aromatic carbocycles. The number of benzene rings is 2. The van der Waals surface area contributed by atoms with E-state index in [4.69, 9.17) is 9.47 Å². The number of hydrogen-bond acceptors (Lipinski definition) is 6. The normalized spacial score (nSPS) is 10.5. The average molecular weight is 316 g/mol. The van der Waals surface area contributed by atoms with Crippen LogP contribution in [-0.4, -0.2) is 36.6 Å². The number of phenolic OH excluding ortho intramolecular Hbond substituents is 2. The highest BCUT2D eigenvalue weighted by molar-refractivity contribution is 5.97. The molecule has 2 aromatic rings. The molecular weight excluding hydrogens is 300 g/mol. The van der Waals surface area contributed by atoms with Crippen molar-refractivity contribution in [1.29, 1.82) is 0 Å². The van der Waals surface area contributed by atoms with Crippen molar-refractivity contribution in [1.82, 2.24) is 5.43 Å². The minimum absolute atomic E-state index is 0.0931. The van der Waals surface area contributed by atoms with E-state index in [0.29, 0.717) is 11.5 Å². The van der Waals surface area contributed by atoms with Gasteiger partial charge in [-0.05, 0) is 12.1 Å². The number of para-hydroxylation sites is 1. The average Bonchev–Trinajstić information content (AvgIpc) is 2.56. The van der Waals surface area contributed by atoms with Crippen LogP contribution in [0.2, 0.25) is 0 Å². The van der Waals surface area contributed by atoms with Crippen molar-refractivity contribution < 1.29 is 24.5 Å². The molecule has 0 aliphatic carbocycles. The van der Waals surface area contributed by atoms with Crippen LogP contribution in [0.1, 0.15) is 15.9 Å². The number of carbonyl (C=O) groups excluding carboxylic acids is 1. The van der Waals surface area contributed by atoms with Crippen molar-refractivity contribution in [3.63, 3.8) is 0 Å². The van der Waals surface area contributed by atoms with Gasteiger partial charge in [0.1, 0.15) is 23.0 Å². The number of amides is 1. The number of phenols is 2. The summed E-state index contributed by atoms with van der Waals surface area (Å²) in [5, 5.41) is 23.3. The molecule has 0 aromatic heterocycles. The van der Waals surface area contributed by atoms with Crippen LogP contribution in [0.3, 0.4) is 0 Å². The van der Waals surface area contributed by atoms with Gasteiger partial charge in [-0.2, -0.15) is 5.10 Å². The van der Waals surface area contributed by atoms with Crippen LogP contribution in [0.25, 0.3) is 0 Å². The second kappa shape index (κ2) is 7.17. The Morgan fingerprint density at radius 3 is 2.52 bits per heavy atom. The van der Waals surface area contributed by atoms with E-state index in [2.05, 4.69) is 10.5 Å². The predicted octanol–water partition coefficient (Wildman–Crippen LogP) is 1.88. The second-order valence-electron chi connectivity index (χ2n) is 4.48. The summed E-state index contributed by atoms with van der Waals surface area (Å²) < 4.78 is 10.2. The third-order valence-electron chi connectivity index (χ3n) is 3.06. The smallest absolute Gasteiger partial charge is 0.275 e. The number of hydrazone groups is 1. The van der Waals surface area contributed by atoms with Crippen molar-refractivity contribution >= 4 is 12.1 Å². The zero-order valence-electron chi connectivity index (χ0n) is 12.6. The Hall–Kier alpha value is -3.22. The van der Waals surface area contributed by atoms with E-state index in [9.17, 15) is 15.0 Å². The van der Waals surface area contributed by atoms with E-state index in [0.717, 1.165) is 0 Å². The van der Waals surface area contributed by atoms with Gasteiger partial charge in [0.25, 0.3) is 5.91 Å². The van der Waals surface area contributed by atoms with E-state index >= 15 is 0 Å². The van der Waals surface area contributed by atoms with Gasteiger partial charge in [0, 0.05) is 12.1 Å². The van der Waals surface area contributed by atoms with Crippen molar-refractivity contribution in [3.05, 3.63) is 47.5 Å². The largest absolute Gasteiger partial charge is 0.507 e. The maximum atomic E-state index is 11.9. The van der Waals surface area contributed by atoms with E-state index in [-0.39, 0.29) is 22.6 Å². The molecule has 7 nitrogen and oxygen atoms in total. The fourth-order valence-electron chi connectivity index (χ4n) is 1.89. The predicted molar refractivity (Wildman–Crippen MR) is 84.4 cm³/mol. The van der Waals surface area contributed by atoms with Crippen molar-refractivity contribution in [2.24, 2.45) is 5.10 Å². The summed E-state index contributed by atoms with van der Waals surface area (Å²) in [5.74, 6) is -0.0738. The molecule has 0 spiro atoms. The highest BCUT2D eigenvalue weighted by atomic mass is 16.5. The first-order valence-electron chi connectivity index (χ1n) is 6.63. The molecule has 0 saturated heterocycles. The Morgan fingerprint density at radius 2 is 1.87 bits per heavy atom. The lowest BCUT2D eigenvalue weighted by atomic mass is 10.2. The number of aromatic hydroxyl groups is 2. The molecule has 0 unspecified atom stereocenters. The summed E-state index contributed by atoms with van der Waals surface area (Å²) in [7, 11) is 2.90. The summed E-state index contributed by atoms with van der Waals surface area (Å²) in [6, 6.07) is 9.07. The monoisotopic (exact) mass is 316 g/mol. The molecule has 2 rings (SSSR count). The lowest BCUT2D eigenvalue weighted by Gasteiger charge is -2.09. The molecule has 120 valence electrons. The lowest BCUT2D eigenvalue weighted by Crippen LogP contribution is -2.17. The Labute approximate surface area is 132 Å². The molecule has 0 atom stereocenters. The minimum atomic E-state index is -0.577. The second-order valence-corrected chi connectivity index (χ2v) is 4.48. The van der Waals surface area contributed by atoms with Crippen molar-refractivity contribution in [3.8, 4) is 23.0 Å². The first-order valence-corrected chi connectivity index (χ1v) is 6.63. The van der Waals surface area contributed by atoms with Crippen LogP contribution in [0.4, 0.5) is 0 Å². The molecule has 0 aliphatic rings. The summed E-state index contributed by atoms with van der Waals surface area (Å²) in [5.41, 5.74) is 2.64. The van der Waals surface area contributed by atoms with Crippen LogP contribution in [0.15, 0.2) is 41.5 Å². The first-order chi connectivity index (χ1) is 11.1. The van der Waals surface area contributed by atoms with E-state index in [1.807, 2.05) is 0 Å². The molecule has 0 bridgehead atoms. The van der Waals surface area contributed by atoms with E-state index in [1.54, 1.807) is 18.2 Å². The zero-order chi connectivity index (χ0) is 16.8. The van der Waals surface area contributed by atoms with E-state index in [1.165, 1.54) is 38.6 Å². The van der Waals surface area contributed by atoms with Gasteiger partial charge in [-0.15, -0.1) is 0 Å². The van der Waals surface area contributed by atoms with E-state index < -0.39 is 5.91 Å². The number of ether oxygens (including phenoxy) is 2. The quantitative estimate of drug-likeness (QED) is 0.577. The molecule has 0 heterocycles. The first kappa shape index (κ1) is 16.2. The van der Waals surface area contributed by atoms with Crippen LogP contribution in [-0.2, 0) is 0 Å². The Kier molecular flexibility index (Phi) is 5.03. The number of hydrogen-bond donors (Lipinski definition) is 3. The van der Waals surface area contributed by atoms with Gasteiger partial charge < -0.3 is 19.7 Å². The maximum absolute atomic E-state index is 11.9. The number of carbonyl (C=O) groups is 1. The van der Waals surface area contributed by atoms with Crippen molar-refractivity contribution in [2.45, 2.75) is 0 Å². The van der Waals surface area contributed by atoms with Crippen molar-refractivity contribution in [2.75, 3.05) is 14.2 Å². The third-order valence-corrected chi connectivity index (χ3v) is 3.06. The molecule has 0 radical (unpaired) electrons. The standard InChI is InChI=1S/C16H16N2O5/c1-22-10-7-14(20)12(15(8-10)23-2)9-17-18-16(21)11-5-3-4-6-13(11)19/h3-9,19-20H,1-2H3,(H,18,21). The van der Waals surface area contributed by atoms with Gasteiger partial charge in [0.15, 0.2) is 0 Å². The SMILES string of the molecule is COc1cc(O)c(C=NNC(=O)c2ccccc2O)c(OC)c1. The topological polar surface area (TPSA) is 100 Å². The highest BCUT2D eigenvalue weighted by Gasteiger charge is 2.11. The molecule has 7 heteroatoms. The summed E-state index contributed by atoms with van der Waals surface area (Å²) >= 11 is 0. The molecule has 0 saturated carbocycles. The van der Waals surface area contributed by atoms with Gasteiger partial charge in [-0.25, -0.2) is 5.43 Å². The summed E-state index contributed by atoms with van der Waals surface area (Å²) in [6.45, 7) is 0. The molecule has 1 amide bonds. The highest BCUT2D eigenvalue weighted by Crippen LogP contribution is 2.31. The number of nitrogens with one attached hydrogen (secondary N) is 1. The fraction of sp³-hybridized carbons (Fsp3) is 0.125. The minimum Gasteiger partial charge on any atom is -0.507 e. The number of rotatable bonds is 5. The lowest BCUT2D eigenvalue weighted by molar-refractivity contribution is 0.0952. The summed E-state index contributed by atoms with van der Waals surface area (Å²) in [4.78, 5) is 11.9. The van der Waals surface area contributed by atoms with Gasteiger partial charge in [0.05, 0.1) is 31.6 Å². The Bertz CT molecular complexity index is 743. The van der Waals surface area contributed by atoms with Crippen LogP contribution in [0.5, 0.6) is 23.0 Å². The molecule has 0 fully saturated rings. The zero-order valence-corrected chi connectivity index (χ0v) is 12.6. The van der Waals surface area contributed by atoms with Gasteiger partial charge in [-0.3, -0.25) is 4.79 Å².